The molecule has 1 fully saturated rings. The first-order valence-corrected chi connectivity index (χ1v) is 9.55. The van der Waals surface area contributed by atoms with E-state index in [1.54, 1.807) is 4.90 Å². The van der Waals surface area contributed by atoms with Crippen molar-refractivity contribution in [1.82, 2.24) is 0 Å². The number of unbranched alkanes of at least 4 members (excludes halogenated alkanes) is 1. The molecule has 1 saturated heterocycles. The number of benzene rings is 1. The van der Waals surface area contributed by atoms with E-state index in [2.05, 4.69) is 34.6 Å². The molecule has 1 aliphatic heterocycles. The highest BCUT2D eigenvalue weighted by molar-refractivity contribution is 6.30. The maximum absolute atomic E-state index is 6.15. The topological polar surface area (TPSA) is 22.9 Å². The number of morpholine rings is 1. The minimum absolute atomic E-state index is 0.0322. The smallest absolute Gasteiger partial charge is 0.123 e. The number of quaternary nitrogens is 1. The Morgan fingerprint density at radius 2 is 1.83 bits per heavy atom. The number of hydrogen-bond acceptors (Lipinski definition) is 2. The summed E-state index contributed by atoms with van der Waals surface area (Å²) in [5, 5.41) is 0.770. The van der Waals surface area contributed by atoms with Crippen molar-refractivity contribution in [2.24, 2.45) is 0 Å². The summed E-state index contributed by atoms with van der Waals surface area (Å²) >= 11 is 6.15. The lowest BCUT2D eigenvalue weighted by atomic mass is 9.86. The summed E-state index contributed by atoms with van der Waals surface area (Å²) in [5.41, 5.74) is 1.21. The lowest BCUT2D eigenvalue weighted by molar-refractivity contribution is -0.915. The zero-order valence-corrected chi connectivity index (χ0v) is 16.6. The van der Waals surface area contributed by atoms with Crippen molar-refractivity contribution in [3.05, 3.63) is 28.8 Å². The number of halogens is 1. The van der Waals surface area contributed by atoms with E-state index in [0.29, 0.717) is 12.2 Å². The van der Waals surface area contributed by atoms with Crippen molar-refractivity contribution in [1.29, 1.82) is 0 Å². The maximum Gasteiger partial charge on any atom is 0.123 e. The van der Waals surface area contributed by atoms with E-state index in [9.17, 15) is 0 Å². The predicted octanol–water partition coefficient (Wildman–Crippen LogP) is 3.49. The molecule has 0 amide bonds. The van der Waals surface area contributed by atoms with Gasteiger partial charge in [0.25, 0.3) is 0 Å². The zero-order valence-electron chi connectivity index (χ0n) is 15.8. The van der Waals surface area contributed by atoms with E-state index < -0.39 is 0 Å². The van der Waals surface area contributed by atoms with Gasteiger partial charge in [0, 0.05) is 10.6 Å². The predicted molar refractivity (Wildman–Crippen MR) is 100 cm³/mol. The fourth-order valence-corrected chi connectivity index (χ4v) is 3.64. The average Bonchev–Trinajstić information content (AvgIpc) is 2.46. The summed E-state index contributed by atoms with van der Waals surface area (Å²) < 4.78 is 11.9. The van der Waals surface area contributed by atoms with Crippen LogP contribution in [0.15, 0.2) is 18.2 Å². The molecule has 0 radical (unpaired) electrons. The van der Waals surface area contributed by atoms with Crippen molar-refractivity contribution in [3.63, 3.8) is 0 Å². The molecule has 1 aromatic carbocycles. The normalized spacial score (nSPS) is 24.8. The van der Waals surface area contributed by atoms with Gasteiger partial charge in [-0.25, -0.2) is 0 Å². The highest BCUT2D eigenvalue weighted by Gasteiger charge is 2.25. The van der Waals surface area contributed by atoms with Gasteiger partial charge in [-0.05, 0) is 50.3 Å². The van der Waals surface area contributed by atoms with E-state index in [-0.39, 0.29) is 5.41 Å². The molecule has 0 aromatic heterocycles. The SMILES string of the molecule is C[C@H]1C[NH+](CCCCOc2ccc(Cl)cc2C(C)(C)C)C[C@H](C)O1. The Hall–Kier alpha value is -0.770. The summed E-state index contributed by atoms with van der Waals surface area (Å²) in [6.07, 6.45) is 3.03. The van der Waals surface area contributed by atoms with Crippen LogP contribution in [0.4, 0.5) is 0 Å². The molecular weight excluding hydrogens is 322 g/mol. The Kier molecular flexibility index (Phi) is 6.97. The van der Waals surface area contributed by atoms with E-state index in [1.807, 2.05) is 18.2 Å². The minimum Gasteiger partial charge on any atom is -0.493 e. The highest BCUT2D eigenvalue weighted by Crippen LogP contribution is 2.33. The van der Waals surface area contributed by atoms with Crippen LogP contribution < -0.4 is 9.64 Å². The van der Waals surface area contributed by atoms with Crippen LogP contribution >= 0.6 is 11.6 Å². The lowest BCUT2D eigenvalue weighted by Gasteiger charge is -2.32. The van der Waals surface area contributed by atoms with Crippen LogP contribution in [-0.4, -0.2) is 38.4 Å². The molecule has 0 unspecified atom stereocenters. The monoisotopic (exact) mass is 354 g/mol. The fraction of sp³-hybridized carbons (Fsp3) is 0.700. The van der Waals surface area contributed by atoms with Gasteiger partial charge in [-0.2, -0.15) is 0 Å². The fourth-order valence-electron chi connectivity index (χ4n) is 3.47. The highest BCUT2D eigenvalue weighted by atomic mass is 35.5. The first-order chi connectivity index (χ1) is 11.3. The van der Waals surface area contributed by atoms with Gasteiger partial charge in [0.15, 0.2) is 0 Å². The van der Waals surface area contributed by atoms with Gasteiger partial charge in [0.1, 0.15) is 31.0 Å². The van der Waals surface area contributed by atoms with Crippen molar-refractivity contribution in [2.75, 3.05) is 26.2 Å². The number of hydrogen-bond donors (Lipinski definition) is 1. The van der Waals surface area contributed by atoms with Crippen molar-refractivity contribution in [3.8, 4) is 5.75 Å². The molecule has 3 nitrogen and oxygen atoms in total. The van der Waals surface area contributed by atoms with Crippen LogP contribution in [0.25, 0.3) is 0 Å². The molecule has 2 rings (SSSR count). The third-order valence-electron chi connectivity index (χ3n) is 4.55. The second kappa shape index (κ2) is 8.55. The van der Waals surface area contributed by atoms with Crippen LogP contribution in [0.2, 0.25) is 5.02 Å². The van der Waals surface area contributed by atoms with E-state index >= 15 is 0 Å². The first-order valence-electron chi connectivity index (χ1n) is 9.17. The third kappa shape index (κ3) is 5.94. The molecule has 0 spiro atoms. The summed E-state index contributed by atoms with van der Waals surface area (Å²) in [6.45, 7) is 15.1. The molecular formula is C20H33ClNO2+. The molecule has 2 atom stereocenters. The summed E-state index contributed by atoms with van der Waals surface area (Å²) in [5.74, 6) is 0.966. The summed E-state index contributed by atoms with van der Waals surface area (Å²) in [7, 11) is 0. The number of rotatable bonds is 6. The Labute approximate surface area is 152 Å². The van der Waals surface area contributed by atoms with Gasteiger partial charge in [-0.15, -0.1) is 0 Å². The van der Waals surface area contributed by atoms with Gasteiger partial charge in [-0.3, -0.25) is 0 Å². The lowest BCUT2D eigenvalue weighted by Crippen LogP contribution is -3.15. The van der Waals surface area contributed by atoms with Gasteiger partial charge < -0.3 is 14.4 Å². The van der Waals surface area contributed by atoms with Gasteiger partial charge in [0.05, 0.1) is 13.2 Å². The number of nitrogens with one attached hydrogen (secondary N) is 1. The second-order valence-corrected chi connectivity index (χ2v) is 8.55. The minimum atomic E-state index is 0.0322. The van der Waals surface area contributed by atoms with Crippen LogP contribution in [0.3, 0.4) is 0 Å². The number of ether oxygens (including phenoxy) is 2. The van der Waals surface area contributed by atoms with Crippen molar-refractivity contribution < 1.29 is 14.4 Å². The van der Waals surface area contributed by atoms with Crippen molar-refractivity contribution in [2.45, 2.75) is 65.1 Å². The van der Waals surface area contributed by atoms with E-state index in [4.69, 9.17) is 21.1 Å². The summed E-state index contributed by atoms with van der Waals surface area (Å²) in [6, 6.07) is 5.93. The van der Waals surface area contributed by atoms with E-state index in [0.717, 1.165) is 36.9 Å². The summed E-state index contributed by atoms with van der Waals surface area (Å²) in [4.78, 5) is 1.66. The second-order valence-electron chi connectivity index (χ2n) is 8.11. The molecule has 0 aliphatic carbocycles. The Bertz CT molecular complexity index is 517. The van der Waals surface area contributed by atoms with Crippen LogP contribution in [-0.2, 0) is 10.2 Å². The van der Waals surface area contributed by atoms with Gasteiger partial charge in [-0.1, -0.05) is 32.4 Å². The molecule has 0 saturated carbocycles. The molecule has 1 heterocycles. The molecule has 1 aromatic rings. The van der Waals surface area contributed by atoms with Crippen LogP contribution in [0, 0.1) is 0 Å². The average molecular weight is 355 g/mol. The molecule has 1 aliphatic rings. The zero-order chi connectivity index (χ0) is 17.7. The van der Waals surface area contributed by atoms with Crippen LogP contribution in [0.5, 0.6) is 5.75 Å². The quantitative estimate of drug-likeness (QED) is 0.790. The van der Waals surface area contributed by atoms with Gasteiger partial charge >= 0.3 is 0 Å². The maximum atomic E-state index is 6.15. The standard InChI is InChI=1S/C20H32ClNO2/c1-15-13-22(14-16(2)24-15)10-6-7-11-23-19-9-8-17(21)12-18(19)20(3,4)5/h8-9,12,15-16H,6-7,10-11,13-14H2,1-5H3/p+1/t15-,16-/m0/s1. The molecule has 4 heteroatoms. The molecule has 24 heavy (non-hydrogen) atoms. The molecule has 0 bridgehead atoms. The Morgan fingerprint density at radius 1 is 1.17 bits per heavy atom. The third-order valence-corrected chi connectivity index (χ3v) is 4.78. The van der Waals surface area contributed by atoms with Crippen molar-refractivity contribution >= 4 is 11.6 Å². The van der Waals surface area contributed by atoms with E-state index in [1.165, 1.54) is 18.5 Å². The first kappa shape index (κ1) is 19.6. The Morgan fingerprint density at radius 3 is 2.46 bits per heavy atom. The molecule has 136 valence electrons. The van der Waals surface area contributed by atoms with Gasteiger partial charge in [0.2, 0.25) is 0 Å². The largest absolute Gasteiger partial charge is 0.493 e. The molecule has 1 N–H and O–H groups in total. The Balaban J connectivity index is 1.77. The van der Waals surface area contributed by atoms with Crippen LogP contribution in [0.1, 0.15) is 53.0 Å².